The van der Waals surface area contributed by atoms with Crippen molar-refractivity contribution in [3.8, 4) is 0 Å². The van der Waals surface area contributed by atoms with Crippen LogP contribution in [-0.4, -0.2) is 56.1 Å². The second kappa shape index (κ2) is 8.33. The summed E-state index contributed by atoms with van der Waals surface area (Å²) in [6, 6.07) is 4.62. The van der Waals surface area contributed by atoms with Crippen LogP contribution in [0.2, 0.25) is 10.0 Å². The number of anilines is 1. The first-order chi connectivity index (χ1) is 10.6. The second-order valence-corrected chi connectivity index (χ2v) is 5.61. The van der Waals surface area contributed by atoms with Crippen molar-refractivity contribution in [1.82, 2.24) is 10.2 Å². The Bertz CT molecular complexity index is 548. The van der Waals surface area contributed by atoms with Gasteiger partial charge in [-0.25, -0.2) is 0 Å². The lowest BCUT2D eigenvalue weighted by Gasteiger charge is -2.26. The van der Waals surface area contributed by atoms with Gasteiger partial charge in [-0.05, 0) is 18.2 Å². The first kappa shape index (κ1) is 17.0. The van der Waals surface area contributed by atoms with Gasteiger partial charge in [0.15, 0.2) is 0 Å². The molecule has 2 amide bonds. The van der Waals surface area contributed by atoms with E-state index >= 15 is 0 Å². The highest BCUT2D eigenvalue weighted by atomic mass is 35.5. The molecule has 0 aliphatic carbocycles. The van der Waals surface area contributed by atoms with Crippen LogP contribution in [0, 0.1) is 0 Å². The van der Waals surface area contributed by atoms with E-state index < -0.39 is 11.8 Å². The van der Waals surface area contributed by atoms with Crippen molar-refractivity contribution < 1.29 is 14.3 Å². The fourth-order valence-electron chi connectivity index (χ4n) is 1.99. The Balaban J connectivity index is 1.74. The normalized spacial score (nSPS) is 15.4. The molecule has 22 heavy (non-hydrogen) atoms. The van der Waals surface area contributed by atoms with E-state index in [0.29, 0.717) is 42.0 Å². The fraction of sp³-hybridized carbons (Fsp3) is 0.429. The van der Waals surface area contributed by atoms with Crippen LogP contribution in [0.4, 0.5) is 5.69 Å². The van der Waals surface area contributed by atoms with Crippen molar-refractivity contribution in [3.63, 3.8) is 0 Å². The molecule has 2 N–H and O–H groups in total. The molecule has 1 saturated heterocycles. The Kier molecular flexibility index (Phi) is 6.45. The first-order valence-corrected chi connectivity index (χ1v) is 7.66. The summed E-state index contributed by atoms with van der Waals surface area (Å²) in [5, 5.41) is 5.75. The first-order valence-electron chi connectivity index (χ1n) is 6.90. The summed E-state index contributed by atoms with van der Waals surface area (Å²) in [6.07, 6.45) is 0. The van der Waals surface area contributed by atoms with E-state index in [1.54, 1.807) is 12.1 Å². The molecule has 0 atom stereocenters. The molecule has 8 heteroatoms. The lowest BCUT2D eigenvalue weighted by molar-refractivity contribution is -0.136. The maximum Gasteiger partial charge on any atom is 0.313 e. The summed E-state index contributed by atoms with van der Waals surface area (Å²) in [5.41, 5.74) is 0.419. The molecular weight excluding hydrogens is 329 g/mol. The molecule has 1 heterocycles. The summed E-state index contributed by atoms with van der Waals surface area (Å²) in [5.74, 6) is -1.42. The summed E-state index contributed by atoms with van der Waals surface area (Å²) in [4.78, 5) is 25.6. The van der Waals surface area contributed by atoms with Crippen LogP contribution in [0.25, 0.3) is 0 Å². The zero-order valence-electron chi connectivity index (χ0n) is 11.9. The number of amides is 2. The van der Waals surface area contributed by atoms with Crippen LogP contribution in [0.1, 0.15) is 0 Å². The third-order valence-corrected chi connectivity index (χ3v) is 3.94. The number of carbonyl (C=O) groups excluding carboxylic acids is 2. The largest absolute Gasteiger partial charge is 0.379 e. The Morgan fingerprint density at radius 3 is 2.55 bits per heavy atom. The smallest absolute Gasteiger partial charge is 0.313 e. The van der Waals surface area contributed by atoms with Crippen LogP contribution in [-0.2, 0) is 14.3 Å². The minimum Gasteiger partial charge on any atom is -0.379 e. The van der Waals surface area contributed by atoms with E-state index in [1.807, 2.05) is 0 Å². The highest BCUT2D eigenvalue weighted by Crippen LogP contribution is 2.24. The van der Waals surface area contributed by atoms with E-state index in [9.17, 15) is 9.59 Å². The molecule has 0 aromatic heterocycles. The topological polar surface area (TPSA) is 70.7 Å². The minimum absolute atomic E-state index is 0.312. The number of ether oxygens (including phenoxy) is 1. The van der Waals surface area contributed by atoms with E-state index in [2.05, 4.69) is 15.5 Å². The highest BCUT2D eigenvalue weighted by molar-refractivity contribution is 6.42. The molecule has 1 aliphatic heterocycles. The Morgan fingerprint density at radius 2 is 1.86 bits per heavy atom. The molecule has 2 rings (SSSR count). The van der Waals surface area contributed by atoms with Gasteiger partial charge < -0.3 is 15.4 Å². The fourth-order valence-corrected chi connectivity index (χ4v) is 2.29. The number of hydrogen-bond acceptors (Lipinski definition) is 4. The molecule has 0 unspecified atom stereocenters. The van der Waals surface area contributed by atoms with Crippen LogP contribution in [0.5, 0.6) is 0 Å². The lowest BCUT2D eigenvalue weighted by atomic mass is 10.3. The lowest BCUT2D eigenvalue weighted by Crippen LogP contribution is -2.43. The molecule has 1 aromatic rings. The van der Waals surface area contributed by atoms with Crippen molar-refractivity contribution in [2.75, 3.05) is 44.7 Å². The van der Waals surface area contributed by atoms with Gasteiger partial charge in [0.05, 0.1) is 23.3 Å². The van der Waals surface area contributed by atoms with Crippen LogP contribution >= 0.6 is 23.2 Å². The Labute approximate surface area is 138 Å². The van der Waals surface area contributed by atoms with E-state index in [4.69, 9.17) is 27.9 Å². The van der Waals surface area contributed by atoms with Crippen molar-refractivity contribution in [2.24, 2.45) is 0 Å². The van der Waals surface area contributed by atoms with Gasteiger partial charge >= 0.3 is 11.8 Å². The van der Waals surface area contributed by atoms with E-state index in [1.165, 1.54) is 6.07 Å². The summed E-state index contributed by atoms with van der Waals surface area (Å²) >= 11 is 11.6. The van der Waals surface area contributed by atoms with Gasteiger partial charge in [0.25, 0.3) is 0 Å². The molecule has 0 radical (unpaired) electrons. The number of rotatable bonds is 4. The number of halogens is 2. The average molecular weight is 346 g/mol. The van der Waals surface area contributed by atoms with Crippen molar-refractivity contribution >= 4 is 40.7 Å². The maximum atomic E-state index is 11.8. The van der Waals surface area contributed by atoms with Gasteiger partial charge in [-0.2, -0.15) is 0 Å². The molecule has 1 aliphatic rings. The predicted octanol–water partition coefficient (Wildman–Crippen LogP) is 1.38. The zero-order chi connectivity index (χ0) is 15.9. The van der Waals surface area contributed by atoms with Gasteiger partial charge in [-0.1, -0.05) is 23.2 Å². The number of benzene rings is 1. The van der Waals surface area contributed by atoms with Gasteiger partial charge in [-0.15, -0.1) is 0 Å². The van der Waals surface area contributed by atoms with Crippen LogP contribution in [0.3, 0.4) is 0 Å². The summed E-state index contributed by atoms with van der Waals surface area (Å²) in [7, 11) is 0. The molecule has 1 aromatic carbocycles. The van der Waals surface area contributed by atoms with Gasteiger partial charge in [0.2, 0.25) is 0 Å². The molecule has 0 saturated carbocycles. The van der Waals surface area contributed by atoms with Crippen molar-refractivity contribution in [2.45, 2.75) is 0 Å². The Morgan fingerprint density at radius 1 is 1.14 bits per heavy atom. The van der Waals surface area contributed by atoms with Gasteiger partial charge in [0.1, 0.15) is 0 Å². The molecular formula is C14H17Cl2N3O3. The Hall–Kier alpha value is -1.34. The van der Waals surface area contributed by atoms with Crippen LogP contribution < -0.4 is 10.6 Å². The highest BCUT2D eigenvalue weighted by Gasteiger charge is 2.15. The molecule has 120 valence electrons. The predicted molar refractivity (Wildman–Crippen MR) is 85.4 cm³/mol. The van der Waals surface area contributed by atoms with Gasteiger partial charge in [-0.3, -0.25) is 14.5 Å². The molecule has 0 bridgehead atoms. The number of carbonyl (C=O) groups is 2. The van der Waals surface area contributed by atoms with Crippen LogP contribution in [0.15, 0.2) is 18.2 Å². The number of hydrogen-bond donors (Lipinski definition) is 2. The quantitative estimate of drug-likeness (QED) is 0.809. The standard InChI is InChI=1S/C14H17Cl2N3O3/c15-11-2-1-10(9-12(11)16)18-14(21)13(20)17-3-4-19-5-7-22-8-6-19/h1-2,9H,3-8H2,(H,17,20)(H,18,21). The van der Waals surface area contributed by atoms with Crippen molar-refractivity contribution in [3.05, 3.63) is 28.2 Å². The SMILES string of the molecule is O=C(NCCN1CCOCC1)C(=O)Nc1ccc(Cl)c(Cl)c1. The monoisotopic (exact) mass is 345 g/mol. The molecule has 0 spiro atoms. The van der Waals surface area contributed by atoms with E-state index in [-0.39, 0.29) is 0 Å². The minimum atomic E-state index is -0.736. The van der Waals surface area contributed by atoms with Gasteiger partial charge in [0, 0.05) is 31.9 Å². The van der Waals surface area contributed by atoms with Crippen molar-refractivity contribution in [1.29, 1.82) is 0 Å². The molecule has 6 nitrogen and oxygen atoms in total. The number of nitrogens with one attached hydrogen (secondary N) is 2. The zero-order valence-corrected chi connectivity index (χ0v) is 13.4. The maximum absolute atomic E-state index is 11.8. The second-order valence-electron chi connectivity index (χ2n) is 4.79. The summed E-state index contributed by atoms with van der Waals surface area (Å²) < 4.78 is 5.24. The third-order valence-electron chi connectivity index (χ3n) is 3.20. The van der Waals surface area contributed by atoms with E-state index in [0.717, 1.165) is 13.1 Å². The number of nitrogens with zero attached hydrogens (tertiary/aromatic N) is 1. The number of morpholine rings is 1. The summed E-state index contributed by atoms with van der Waals surface area (Å²) in [6.45, 7) is 4.18. The third kappa shape index (κ3) is 5.14. The molecule has 1 fully saturated rings. The average Bonchev–Trinajstić information content (AvgIpc) is 2.52.